The fraction of sp³-hybridized carbons (Fsp3) is 0.429. The van der Waals surface area contributed by atoms with Gasteiger partial charge in [-0.15, -0.1) is 0 Å². The summed E-state index contributed by atoms with van der Waals surface area (Å²) in [5, 5.41) is 8.86. The monoisotopic (exact) mass is 299 g/mol. The number of nitrogens with zero attached hydrogens (tertiary/aromatic N) is 1. The maximum absolute atomic E-state index is 13.5. The molecule has 7 heteroatoms. The maximum Gasteiger partial charge on any atom is 0.334 e. The number of aryl methyl sites for hydroxylation is 1. The van der Waals surface area contributed by atoms with Gasteiger partial charge in [-0.3, -0.25) is 4.79 Å². The number of halogens is 2. The molecule has 1 fully saturated rings. The molecule has 1 aliphatic rings. The first kappa shape index (κ1) is 15.4. The number of aliphatic carboxylic acids is 1. The first-order chi connectivity index (χ1) is 9.99. The number of hydrogen-bond acceptors (Lipinski definition) is 3. The van der Waals surface area contributed by atoms with Gasteiger partial charge < -0.3 is 14.7 Å². The Bertz CT molecular complexity index is 550. The van der Waals surface area contributed by atoms with Crippen molar-refractivity contribution in [3.63, 3.8) is 0 Å². The van der Waals surface area contributed by atoms with Crippen LogP contribution in [0.3, 0.4) is 0 Å². The van der Waals surface area contributed by atoms with Crippen LogP contribution in [0.1, 0.15) is 12.0 Å². The van der Waals surface area contributed by atoms with Crippen LogP contribution in [-0.4, -0.2) is 47.7 Å². The Kier molecular flexibility index (Phi) is 4.85. The zero-order valence-electron chi connectivity index (χ0n) is 11.2. The molecule has 0 aliphatic carbocycles. The van der Waals surface area contributed by atoms with Gasteiger partial charge in [0, 0.05) is 13.0 Å². The van der Waals surface area contributed by atoms with Gasteiger partial charge in [-0.05, 0) is 18.1 Å². The van der Waals surface area contributed by atoms with E-state index in [1.54, 1.807) is 0 Å². The lowest BCUT2D eigenvalue weighted by molar-refractivity contribution is -0.159. The van der Waals surface area contributed by atoms with Gasteiger partial charge in [0.25, 0.3) is 0 Å². The third-order valence-electron chi connectivity index (χ3n) is 3.33. The Hall–Kier alpha value is -2.02. The Morgan fingerprint density at radius 2 is 2.14 bits per heavy atom. The molecule has 0 aromatic heterocycles. The standard InChI is InChI=1S/C14H15F2NO4/c15-10-3-1-2-9(13(10)16)4-5-12(18)17-6-7-21-11(8-17)14(19)20/h1-3,11H,4-8H2,(H,19,20). The van der Waals surface area contributed by atoms with Crippen molar-refractivity contribution in [1.29, 1.82) is 0 Å². The summed E-state index contributed by atoms with van der Waals surface area (Å²) >= 11 is 0. The summed E-state index contributed by atoms with van der Waals surface area (Å²) in [6.07, 6.45) is -0.974. The number of carboxylic acid groups (broad SMARTS) is 1. The zero-order chi connectivity index (χ0) is 15.4. The Morgan fingerprint density at radius 1 is 1.38 bits per heavy atom. The molecule has 1 amide bonds. The average molecular weight is 299 g/mol. The highest BCUT2D eigenvalue weighted by Gasteiger charge is 2.28. The highest BCUT2D eigenvalue weighted by Crippen LogP contribution is 2.14. The first-order valence-corrected chi connectivity index (χ1v) is 6.54. The van der Waals surface area contributed by atoms with Crippen molar-refractivity contribution >= 4 is 11.9 Å². The third kappa shape index (κ3) is 3.75. The molecule has 1 atom stereocenters. The summed E-state index contributed by atoms with van der Waals surface area (Å²) in [6, 6.07) is 3.82. The fourth-order valence-electron chi connectivity index (χ4n) is 2.17. The predicted molar refractivity (Wildman–Crippen MR) is 68.6 cm³/mol. The van der Waals surface area contributed by atoms with Gasteiger partial charge in [0.15, 0.2) is 17.7 Å². The van der Waals surface area contributed by atoms with Crippen molar-refractivity contribution in [2.45, 2.75) is 18.9 Å². The zero-order valence-corrected chi connectivity index (χ0v) is 11.2. The number of carboxylic acids is 1. The topological polar surface area (TPSA) is 66.8 Å². The van der Waals surface area contributed by atoms with Gasteiger partial charge in [0.2, 0.25) is 5.91 Å². The molecule has 0 saturated carbocycles. The Labute approximate surface area is 120 Å². The molecule has 1 aromatic carbocycles. The summed E-state index contributed by atoms with van der Waals surface area (Å²) in [5.41, 5.74) is 0.131. The highest BCUT2D eigenvalue weighted by molar-refractivity contribution is 5.78. The summed E-state index contributed by atoms with van der Waals surface area (Å²) in [7, 11) is 0. The van der Waals surface area contributed by atoms with Crippen LogP contribution in [0.4, 0.5) is 8.78 Å². The lowest BCUT2D eigenvalue weighted by atomic mass is 10.1. The molecule has 0 bridgehead atoms. The minimum Gasteiger partial charge on any atom is -0.479 e. The minimum atomic E-state index is -1.12. The molecule has 1 aromatic rings. The number of ether oxygens (including phenoxy) is 1. The van der Waals surface area contributed by atoms with E-state index in [4.69, 9.17) is 9.84 Å². The third-order valence-corrected chi connectivity index (χ3v) is 3.33. The number of amides is 1. The molecule has 0 spiro atoms. The van der Waals surface area contributed by atoms with Crippen LogP contribution in [0.25, 0.3) is 0 Å². The van der Waals surface area contributed by atoms with E-state index in [1.807, 2.05) is 0 Å². The van der Waals surface area contributed by atoms with Crippen LogP contribution >= 0.6 is 0 Å². The van der Waals surface area contributed by atoms with Gasteiger partial charge in [-0.25, -0.2) is 13.6 Å². The highest BCUT2D eigenvalue weighted by atomic mass is 19.2. The average Bonchev–Trinajstić information content (AvgIpc) is 2.48. The van der Waals surface area contributed by atoms with E-state index < -0.39 is 23.7 Å². The van der Waals surface area contributed by atoms with Crippen LogP contribution in [0.15, 0.2) is 18.2 Å². The maximum atomic E-state index is 13.5. The van der Waals surface area contributed by atoms with Crippen molar-refractivity contribution in [1.82, 2.24) is 4.90 Å². The number of benzene rings is 1. The van der Waals surface area contributed by atoms with Gasteiger partial charge in [0.05, 0.1) is 13.2 Å². The van der Waals surface area contributed by atoms with E-state index in [0.29, 0.717) is 6.54 Å². The van der Waals surface area contributed by atoms with Gasteiger partial charge >= 0.3 is 5.97 Å². The van der Waals surface area contributed by atoms with Gasteiger partial charge in [-0.1, -0.05) is 12.1 Å². The summed E-state index contributed by atoms with van der Waals surface area (Å²) in [4.78, 5) is 24.2. The van der Waals surface area contributed by atoms with Crippen LogP contribution in [0.2, 0.25) is 0 Å². The number of carbonyl (C=O) groups excluding carboxylic acids is 1. The summed E-state index contributed by atoms with van der Waals surface area (Å²) in [6.45, 7) is 0.422. The first-order valence-electron chi connectivity index (χ1n) is 6.54. The lowest BCUT2D eigenvalue weighted by Crippen LogP contribution is -2.48. The molecular weight excluding hydrogens is 284 g/mol. The summed E-state index contributed by atoms with van der Waals surface area (Å²) in [5.74, 6) is -3.31. The van der Waals surface area contributed by atoms with Crippen LogP contribution in [0.5, 0.6) is 0 Å². The van der Waals surface area contributed by atoms with E-state index in [-0.39, 0.29) is 37.5 Å². The van der Waals surface area contributed by atoms with Gasteiger partial charge in [-0.2, -0.15) is 0 Å². The smallest absolute Gasteiger partial charge is 0.334 e. The molecule has 114 valence electrons. The largest absolute Gasteiger partial charge is 0.479 e. The van der Waals surface area contributed by atoms with E-state index in [1.165, 1.54) is 17.0 Å². The van der Waals surface area contributed by atoms with Crippen LogP contribution < -0.4 is 0 Å². The molecule has 1 N–H and O–H groups in total. The SMILES string of the molecule is O=C(O)C1CN(C(=O)CCc2cccc(F)c2F)CCO1. The lowest BCUT2D eigenvalue weighted by Gasteiger charge is -2.31. The Morgan fingerprint density at radius 3 is 2.86 bits per heavy atom. The quantitative estimate of drug-likeness (QED) is 0.907. The van der Waals surface area contributed by atoms with Crippen molar-refractivity contribution < 1.29 is 28.2 Å². The van der Waals surface area contributed by atoms with E-state index >= 15 is 0 Å². The molecule has 1 saturated heterocycles. The normalized spacial score (nSPS) is 18.6. The van der Waals surface area contributed by atoms with Crippen molar-refractivity contribution in [3.05, 3.63) is 35.4 Å². The number of rotatable bonds is 4. The van der Waals surface area contributed by atoms with E-state index in [2.05, 4.69) is 0 Å². The molecule has 1 aliphatic heterocycles. The van der Waals surface area contributed by atoms with Gasteiger partial charge in [0.1, 0.15) is 0 Å². The molecular formula is C14H15F2NO4. The van der Waals surface area contributed by atoms with Crippen LogP contribution in [-0.2, 0) is 20.7 Å². The summed E-state index contributed by atoms with van der Waals surface area (Å²) < 4.78 is 31.5. The molecule has 1 unspecified atom stereocenters. The van der Waals surface area contributed by atoms with E-state index in [0.717, 1.165) is 6.07 Å². The second-order valence-corrected chi connectivity index (χ2v) is 4.75. The van der Waals surface area contributed by atoms with Crippen molar-refractivity contribution in [3.8, 4) is 0 Å². The molecule has 0 radical (unpaired) electrons. The molecule has 2 rings (SSSR count). The second kappa shape index (κ2) is 6.62. The Balaban J connectivity index is 1.92. The number of carbonyl (C=O) groups is 2. The fourth-order valence-corrected chi connectivity index (χ4v) is 2.17. The second-order valence-electron chi connectivity index (χ2n) is 4.75. The van der Waals surface area contributed by atoms with E-state index in [9.17, 15) is 18.4 Å². The van der Waals surface area contributed by atoms with Crippen LogP contribution in [0, 0.1) is 11.6 Å². The van der Waals surface area contributed by atoms with Crippen molar-refractivity contribution in [2.24, 2.45) is 0 Å². The minimum absolute atomic E-state index is 0.00723. The number of morpholine rings is 1. The predicted octanol–water partition coefficient (Wildman–Crippen LogP) is 1.21. The molecule has 1 heterocycles. The number of hydrogen-bond donors (Lipinski definition) is 1. The molecule has 5 nitrogen and oxygen atoms in total. The van der Waals surface area contributed by atoms with Crippen molar-refractivity contribution in [2.75, 3.05) is 19.7 Å². The molecule has 21 heavy (non-hydrogen) atoms.